The Morgan fingerprint density at radius 1 is 0.556 bits per heavy atom. The molecule has 0 aliphatic rings. The molecule has 0 saturated carbocycles. The van der Waals surface area contributed by atoms with Crippen LogP contribution in [0.4, 0.5) is 0 Å². The second-order valence-corrected chi connectivity index (χ2v) is 8.81. The second kappa shape index (κ2) is 7.60. The minimum absolute atomic E-state index is 0.492. The van der Waals surface area contributed by atoms with Crippen molar-refractivity contribution in [3.05, 3.63) is 114 Å². The average molecular weight is 460 g/mol. The second-order valence-electron chi connectivity index (χ2n) is 8.81. The summed E-state index contributed by atoms with van der Waals surface area (Å²) in [7, 11) is 0. The van der Waals surface area contributed by atoms with Crippen molar-refractivity contribution in [2.75, 3.05) is 0 Å². The van der Waals surface area contributed by atoms with Crippen LogP contribution >= 0.6 is 0 Å². The molecule has 0 N–H and O–H groups in total. The van der Waals surface area contributed by atoms with Gasteiger partial charge < -0.3 is 8.98 Å². The summed E-state index contributed by atoms with van der Waals surface area (Å²) in [5.41, 5.74) is 7.38. The van der Waals surface area contributed by atoms with E-state index in [1.54, 1.807) is 18.2 Å². The lowest BCUT2D eigenvalue weighted by atomic mass is 9.95. The molecular formula is C32H17N3O. The van der Waals surface area contributed by atoms with Crippen LogP contribution in [-0.4, -0.2) is 4.57 Å². The Balaban J connectivity index is 1.48. The molecule has 0 fully saturated rings. The third-order valence-corrected chi connectivity index (χ3v) is 6.89. The minimum Gasteiger partial charge on any atom is -0.456 e. The van der Waals surface area contributed by atoms with E-state index in [-0.39, 0.29) is 0 Å². The fourth-order valence-electron chi connectivity index (χ4n) is 5.29. The lowest BCUT2D eigenvalue weighted by Crippen LogP contribution is -1.95. The smallest absolute Gasteiger partial charge is 0.137 e. The molecule has 5 aromatic carbocycles. The molecule has 2 heterocycles. The molecular weight excluding hydrogens is 442 g/mol. The quantitative estimate of drug-likeness (QED) is 0.262. The molecule has 0 aliphatic heterocycles. The van der Waals surface area contributed by atoms with Gasteiger partial charge in [0.05, 0.1) is 34.3 Å². The summed E-state index contributed by atoms with van der Waals surface area (Å²) in [6, 6.07) is 38.6. The summed E-state index contributed by atoms with van der Waals surface area (Å²) < 4.78 is 8.44. The number of furan rings is 1. The summed E-state index contributed by atoms with van der Waals surface area (Å²) in [5, 5.41) is 23.8. The molecule has 36 heavy (non-hydrogen) atoms. The van der Waals surface area contributed by atoms with Gasteiger partial charge >= 0.3 is 0 Å². The van der Waals surface area contributed by atoms with Crippen molar-refractivity contribution in [3.63, 3.8) is 0 Å². The zero-order valence-corrected chi connectivity index (χ0v) is 19.1. The summed E-state index contributed by atoms with van der Waals surface area (Å²) in [4.78, 5) is 0. The monoisotopic (exact) mass is 459 g/mol. The minimum atomic E-state index is 0.492. The molecule has 4 heteroatoms. The van der Waals surface area contributed by atoms with Gasteiger partial charge in [-0.1, -0.05) is 54.6 Å². The fraction of sp³-hybridized carbons (Fsp3) is 0. The highest BCUT2D eigenvalue weighted by atomic mass is 16.3. The van der Waals surface area contributed by atoms with Gasteiger partial charge in [-0.25, -0.2) is 0 Å². The molecule has 166 valence electrons. The van der Waals surface area contributed by atoms with E-state index in [0.29, 0.717) is 16.7 Å². The van der Waals surface area contributed by atoms with Crippen molar-refractivity contribution in [1.82, 2.24) is 4.57 Å². The van der Waals surface area contributed by atoms with E-state index in [0.717, 1.165) is 49.6 Å². The van der Waals surface area contributed by atoms with Crippen molar-refractivity contribution in [3.8, 4) is 29.0 Å². The maximum atomic E-state index is 9.61. The molecule has 0 bridgehead atoms. The number of nitrogens with zero attached hydrogens (tertiary/aromatic N) is 3. The van der Waals surface area contributed by atoms with Crippen molar-refractivity contribution < 1.29 is 4.42 Å². The molecule has 7 rings (SSSR count). The van der Waals surface area contributed by atoms with Gasteiger partial charge in [-0.2, -0.15) is 10.5 Å². The first-order valence-electron chi connectivity index (χ1n) is 11.7. The first-order valence-corrected chi connectivity index (χ1v) is 11.7. The summed E-state index contributed by atoms with van der Waals surface area (Å²) in [6.45, 7) is 0. The third kappa shape index (κ3) is 2.79. The Bertz CT molecular complexity index is 2030. The van der Waals surface area contributed by atoms with Gasteiger partial charge in [-0.05, 0) is 48.0 Å². The number of rotatable bonds is 2. The zero-order valence-electron chi connectivity index (χ0n) is 19.1. The van der Waals surface area contributed by atoms with Gasteiger partial charge in [-0.15, -0.1) is 0 Å². The number of hydrogen-bond acceptors (Lipinski definition) is 3. The van der Waals surface area contributed by atoms with Crippen molar-refractivity contribution in [2.45, 2.75) is 0 Å². The lowest BCUT2D eigenvalue weighted by molar-refractivity contribution is 0.669. The van der Waals surface area contributed by atoms with Gasteiger partial charge in [0.15, 0.2) is 0 Å². The Morgan fingerprint density at radius 2 is 1.25 bits per heavy atom. The van der Waals surface area contributed by atoms with E-state index < -0.39 is 0 Å². The van der Waals surface area contributed by atoms with Gasteiger partial charge in [0.1, 0.15) is 11.2 Å². The standard InChI is InChI=1S/C32H17N3O/c33-18-21-6-5-7-22(19-34)32(21)20-12-14-23(15-13-20)35-28-10-3-1-8-24(28)26-16-27-25-9-2-4-11-30(25)36-31(27)17-29(26)35/h1-17H. The van der Waals surface area contributed by atoms with E-state index in [4.69, 9.17) is 4.42 Å². The van der Waals surface area contributed by atoms with Crippen LogP contribution in [0.1, 0.15) is 11.1 Å². The summed E-state index contributed by atoms with van der Waals surface area (Å²) in [6.07, 6.45) is 0. The number of nitriles is 2. The summed E-state index contributed by atoms with van der Waals surface area (Å²) in [5.74, 6) is 0. The van der Waals surface area contributed by atoms with Crippen LogP contribution in [0.2, 0.25) is 0 Å². The van der Waals surface area contributed by atoms with E-state index in [2.05, 4.69) is 53.1 Å². The number of benzene rings is 5. The molecule has 2 aromatic heterocycles. The largest absolute Gasteiger partial charge is 0.456 e. The first-order chi connectivity index (χ1) is 17.8. The highest BCUT2D eigenvalue weighted by Gasteiger charge is 2.17. The van der Waals surface area contributed by atoms with Gasteiger partial charge in [-0.3, -0.25) is 0 Å². The van der Waals surface area contributed by atoms with Crippen LogP contribution in [0.15, 0.2) is 108 Å². The maximum Gasteiger partial charge on any atom is 0.137 e. The fourth-order valence-corrected chi connectivity index (χ4v) is 5.29. The molecule has 4 nitrogen and oxygen atoms in total. The number of hydrogen-bond donors (Lipinski definition) is 0. The predicted octanol–water partition coefficient (Wildman–Crippen LogP) is 8.09. The number of aromatic nitrogens is 1. The van der Waals surface area contributed by atoms with Crippen LogP contribution in [-0.2, 0) is 0 Å². The van der Waals surface area contributed by atoms with Crippen molar-refractivity contribution >= 4 is 43.7 Å². The molecule has 0 aliphatic carbocycles. The first kappa shape index (κ1) is 20.1. The molecule has 0 radical (unpaired) electrons. The van der Waals surface area contributed by atoms with Crippen LogP contribution in [0.25, 0.3) is 60.6 Å². The maximum absolute atomic E-state index is 9.61. The lowest BCUT2D eigenvalue weighted by Gasteiger charge is -2.11. The van der Waals surface area contributed by atoms with E-state index in [1.807, 2.05) is 48.5 Å². The Kier molecular flexibility index (Phi) is 4.24. The molecule has 0 unspecified atom stereocenters. The van der Waals surface area contributed by atoms with E-state index in [9.17, 15) is 10.5 Å². The molecule has 7 aromatic rings. The Labute approximate surface area is 206 Å². The average Bonchev–Trinajstić information content (AvgIpc) is 3.46. The van der Waals surface area contributed by atoms with Crippen molar-refractivity contribution in [1.29, 1.82) is 10.5 Å². The van der Waals surface area contributed by atoms with E-state index in [1.165, 1.54) is 5.39 Å². The highest BCUT2D eigenvalue weighted by molar-refractivity contribution is 6.17. The van der Waals surface area contributed by atoms with Crippen LogP contribution in [0, 0.1) is 22.7 Å². The summed E-state index contributed by atoms with van der Waals surface area (Å²) >= 11 is 0. The zero-order chi connectivity index (χ0) is 24.2. The van der Waals surface area contributed by atoms with E-state index >= 15 is 0 Å². The molecule has 0 amide bonds. The third-order valence-electron chi connectivity index (χ3n) is 6.89. The Morgan fingerprint density at radius 3 is 2.00 bits per heavy atom. The Hall–Kier alpha value is -5.32. The highest BCUT2D eigenvalue weighted by Crippen LogP contribution is 2.38. The van der Waals surface area contributed by atoms with Gasteiger partial charge in [0.25, 0.3) is 0 Å². The normalized spacial score (nSPS) is 11.3. The van der Waals surface area contributed by atoms with Crippen molar-refractivity contribution in [2.24, 2.45) is 0 Å². The van der Waals surface area contributed by atoms with Crippen LogP contribution in [0.5, 0.6) is 0 Å². The number of para-hydroxylation sites is 2. The number of fused-ring (bicyclic) bond motifs is 6. The predicted molar refractivity (Wildman–Crippen MR) is 143 cm³/mol. The van der Waals surface area contributed by atoms with Gasteiger partial charge in [0, 0.05) is 38.9 Å². The van der Waals surface area contributed by atoms with Crippen LogP contribution < -0.4 is 0 Å². The van der Waals surface area contributed by atoms with Gasteiger partial charge in [0.2, 0.25) is 0 Å². The molecule has 0 spiro atoms. The van der Waals surface area contributed by atoms with Crippen LogP contribution in [0.3, 0.4) is 0 Å². The molecule has 0 saturated heterocycles. The topological polar surface area (TPSA) is 65.7 Å². The molecule has 0 atom stereocenters. The SMILES string of the molecule is N#Cc1cccc(C#N)c1-c1ccc(-n2c3ccccc3c3cc4c(cc32)oc2ccccc24)cc1.